The molecule has 3 heterocycles. The van der Waals surface area contributed by atoms with Gasteiger partial charge in [0, 0.05) is 31.2 Å². The molecule has 0 spiro atoms. The minimum absolute atomic E-state index is 0.0117. The zero-order chi connectivity index (χ0) is 33.6. The first-order valence-corrected chi connectivity index (χ1v) is 13.9. The highest BCUT2D eigenvalue weighted by atomic mass is 16.7. The molecular weight excluding hydrogens is 620 g/mol. The minimum Gasteiger partial charge on any atom is -0.507 e. The molecule has 0 radical (unpaired) electrons. The van der Waals surface area contributed by atoms with E-state index in [9.17, 15) is 55.9 Å². The summed E-state index contributed by atoms with van der Waals surface area (Å²) in [6.45, 7) is 1.87. The second-order valence-electron chi connectivity index (χ2n) is 10.9. The van der Waals surface area contributed by atoms with Crippen molar-refractivity contribution in [2.24, 2.45) is 0 Å². The summed E-state index contributed by atoms with van der Waals surface area (Å²) >= 11 is 0. The number of phenols is 5. The Morgan fingerprint density at radius 3 is 2.13 bits per heavy atom. The van der Waals surface area contributed by atoms with E-state index in [1.165, 1.54) is 13.0 Å². The minimum atomic E-state index is -1.85. The Labute approximate surface area is 259 Å². The van der Waals surface area contributed by atoms with Gasteiger partial charge in [0.15, 0.2) is 29.6 Å². The molecule has 2 saturated heterocycles. The van der Waals surface area contributed by atoms with Gasteiger partial charge >= 0.3 is 17.3 Å². The molecule has 2 aliphatic heterocycles. The number of hydrogen-bond acceptors (Lipinski definition) is 16. The van der Waals surface area contributed by atoms with Gasteiger partial charge in [-0.2, -0.15) is 0 Å². The van der Waals surface area contributed by atoms with Crippen molar-refractivity contribution in [2.75, 3.05) is 6.61 Å². The number of rotatable bonds is 7. The molecule has 3 aromatic rings. The molecule has 0 unspecified atom stereocenters. The number of ether oxygens (including phenoxy) is 5. The van der Waals surface area contributed by atoms with Crippen LogP contribution in [0.4, 0.5) is 0 Å². The van der Waals surface area contributed by atoms with E-state index in [2.05, 4.69) is 0 Å². The Bertz CT molecular complexity index is 1570. The standard InChI is InChI=1S/C29H32O17/c1-9-20(35)23(38)25(40)28(42-9)41-8-19-22(37)24(39)27(43-10(2)30)29(46-19)45-18-7-13-14(32)5-12(31)6-17(13)44-26(18)11-3-15(33)21(36)16(34)4-11/h3-7,9,19-20,22-25,27-29,35,37-40H,8H2,1-2H3,(H4-,31,32,33,34,36)/p+1/t9-,19+,20-,22+,23+,24-,25+,27+,28+,29+/m0/s1. The lowest BCUT2D eigenvalue weighted by atomic mass is 9.98. The first-order chi connectivity index (χ1) is 21.7. The molecule has 0 aliphatic carbocycles. The zero-order valence-corrected chi connectivity index (χ0v) is 24.2. The highest BCUT2D eigenvalue weighted by molar-refractivity contribution is 5.88. The number of carbonyl (C=O) groups is 1. The van der Waals surface area contributed by atoms with E-state index in [1.807, 2.05) is 0 Å². The van der Waals surface area contributed by atoms with E-state index in [4.69, 9.17) is 28.1 Å². The van der Waals surface area contributed by atoms with Crippen LogP contribution in [0.25, 0.3) is 22.3 Å². The summed E-state index contributed by atoms with van der Waals surface area (Å²) in [5.41, 5.74) is -0.187. The third-order valence-corrected chi connectivity index (χ3v) is 7.57. The number of hydrogen-bond donors (Lipinski definition) is 10. The van der Waals surface area contributed by atoms with Crippen LogP contribution in [-0.4, -0.2) is 125 Å². The Hall–Kier alpha value is -4.20. The summed E-state index contributed by atoms with van der Waals surface area (Å²) in [5, 5.41) is 103. The summed E-state index contributed by atoms with van der Waals surface area (Å²) in [7, 11) is 0. The third-order valence-electron chi connectivity index (χ3n) is 7.57. The molecule has 5 rings (SSSR count). The summed E-state index contributed by atoms with van der Waals surface area (Å²) in [4.78, 5) is 12.0. The van der Waals surface area contributed by atoms with Gasteiger partial charge in [-0.15, -0.1) is 0 Å². The van der Waals surface area contributed by atoms with E-state index >= 15 is 0 Å². The lowest BCUT2D eigenvalue weighted by Crippen LogP contribution is -2.62. The van der Waals surface area contributed by atoms with Crippen LogP contribution in [-0.2, 0) is 23.7 Å². The maximum Gasteiger partial charge on any atom is 0.402 e. The van der Waals surface area contributed by atoms with Crippen LogP contribution in [0.15, 0.2) is 34.7 Å². The monoisotopic (exact) mass is 653 g/mol. The number of esters is 1. The van der Waals surface area contributed by atoms with Crippen molar-refractivity contribution < 1.29 is 84.0 Å². The van der Waals surface area contributed by atoms with Gasteiger partial charge in [0.1, 0.15) is 53.5 Å². The highest BCUT2D eigenvalue weighted by Crippen LogP contribution is 2.45. The quantitative estimate of drug-likeness (QED) is 0.0875. The number of benzene rings is 2. The molecular formula is C29H33O17+. The van der Waals surface area contributed by atoms with Crippen molar-refractivity contribution in [3.8, 4) is 45.8 Å². The Morgan fingerprint density at radius 1 is 0.804 bits per heavy atom. The van der Waals surface area contributed by atoms with Gasteiger partial charge in [-0.3, -0.25) is 4.79 Å². The normalized spacial score (nSPS) is 31.5. The van der Waals surface area contributed by atoms with Crippen LogP contribution in [0.5, 0.6) is 34.5 Å². The summed E-state index contributed by atoms with van der Waals surface area (Å²) in [5.74, 6) is -4.65. The Morgan fingerprint density at radius 2 is 1.48 bits per heavy atom. The lowest BCUT2D eigenvalue weighted by molar-refractivity contribution is -0.319. The second-order valence-corrected chi connectivity index (χ2v) is 10.9. The number of aliphatic hydroxyl groups excluding tert-OH is 5. The summed E-state index contributed by atoms with van der Waals surface area (Å²) in [6, 6.07) is 5.36. The topological polar surface area (TPSA) is 277 Å². The van der Waals surface area contributed by atoms with Crippen molar-refractivity contribution in [1.82, 2.24) is 0 Å². The van der Waals surface area contributed by atoms with E-state index in [-0.39, 0.29) is 33.8 Å². The van der Waals surface area contributed by atoms with Gasteiger partial charge in [0.2, 0.25) is 12.0 Å². The number of aromatic hydroxyl groups is 5. The van der Waals surface area contributed by atoms with E-state index in [0.717, 1.165) is 31.2 Å². The van der Waals surface area contributed by atoms with Gasteiger partial charge in [0.25, 0.3) is 0 Å². The molecule has 17 heteroatoms. The fourth-order valence-electron chi connectivity index (χ4n) is 5.13. The number of carbonyl (C=O) groups excluding carboxylic acids is 1. The van der Waals surface area contributed by atoms with Gasteiger partial charge < -0.3 is 74.7 Å². The predicted molar refractivity (Wildman–Crippen MR) is 150 cm³/mol. The Kier molecular flexibility index (Phi) is 9.30. The molecule has 1 aromatic heterocycles. The molecule has 0 bridgehead atoms. The van der Waals surface area contributed by atoms with Crippen molar-refractivity contribution in [3.05, 3.63) is 30.3 Å². The van der Waals surface area contributed by atoms with Crippen LogP contribution in [0.2, 0.25) is 0 Å². The fourth-order valence-corrected chi connectivity index (χ4v) is 5.13. The maximum atomic E-state index is 12.0. The van der Waals surface area contributed by atoms with Gasteiger partial charge in [-0.1, -0.05) is 0 Å². The molecule has 0 amide bonds. The van der Waals surface area contributed by atoms with Crippen molar-refractivity contribution >= 4 is 16.9 Å². The molecule has 2 aliphatic rings. The SMILES string of the molecule is CC(=O)O[C@H]1[C@H](Oc2cc3c(O)cc(O)cc3[o+]c2-c2cc(O)c(O)c(O)c2)O[C@H](CO[C@@H]2O[C@@H](C)[C@H](O)[C@@H](O)[C@H]2O)[C@@H](O)[C@@H]1O. The lowest BCUT2D eigenvalue weighted by Gasteiger charge is -2.43. The fraction of sp³-hybridized carbons (Fsp3) is 0.448. The third kappa shape index (κ3) is 6.39. The average Bonchev–Trinajstić information content (AvgIpc) is 2.99. The summed E-state index contributed by atoms with van der Waals surface area (Å²) in [6.07, 6.45) is -15.6. The molecule has 10 N–H and O–H groups in total. The number of phenolic OH excluding ortho intramolecular Hbond substituents is 5. The molecule has 46 heavy (non-hydrogen) atoms. The predicted octanol–water partition coefficient (Wildman–Crippen LogP) is -0.490. The smallest absolute Gasteiger partial charge is 0.402 e. The van der Waals surface area contributed by atoms with E-state index < -0.39 is 97.0 Å². The van der Waals surface area contributed by atoms with Crippen molar-refractivity contribution in [2.45, 2.75) is 75.3 Å². The largest absolute Gasteiger partial charge is 0.507 e. The second kappa shape index (κ2) is 12.9. The first kappa shape index (κ1) is 33.2. The van der Waals surface area contributed by atoms with Crippen LogP contribution >= 0.6 is 0 Å². The Balaban J connectivity index is 1.51. The van der Waals surface area contributed by atoms with Gasteiger partial charge in [-0.05, 0) is 6.92 Å². The van der Waals surface area contributed by atoms with Crippen LogP contribution < -0.4 is 4.74 Å². The van der Waals surface area contributed by atoms with E-state index in [0.29, 0.717) is 0 Å². The molecule has 2 fully saturated rings. The molecule has 10 atom stereocenters. The van der Waals surface area contributed by atoms with Crippen LogP contribution in [0.3, 0.4) is 0 Å². The van der Waals surface area contributed by atoms with Crippen LogP contribution in [0, 0.1) is 0 Å². The molecule has 2 aromatic carbocycles. The molecule has 0 saturated carbocycles. The van der Waals surface area contributed by atoms with Crippen molar-refractivity contribution in [3.63, 3.8) is 0 Å². The van der Waals surface area contributed by atoms with Gasteiger partial charge in [-0.25, -0.2) is 4.42 Å². The van der Waals surface area contributed by atoms with Crippen molar-refractivity contribution in [1.29, 1.82) is 0 Å². The molecule has 17 nitrogen and oxygen atoms in total. The van der Waals surface area contributed by atoms with E-state index in [1.54, 1.807) is 0 Å². The summed E-state index contributed by atoms with van der Waals surface area (Å²) < 4.78 is 33.8. The number of fused-ring (bicyclic) bond motifs is 1. The van der Waals surface area contributed by atoms with Crippen LogP contribution in [0.1, 0.15) is 13.8 Å². The highest BCUT2D eigenvalue weighted by Gasteiger charge is 2.50. The zero-order valence-electron chi connectivity index (χ0n) is 24.2. The first-order valence-electron chi connectivity index (χ1n) is 13.9. The number of aliphatic hydroxyl groups is 5. The average molecular weight is 654 g/mol. The molecule has 250 valence electrons. The maximum absolute atomic E-state index is 12.0. The van der Waals surface area contributed by atoms with Gasteiger partial charge in [0.05, 0.1) is 24.3 Å².